The van der Waals surface area contributed by atoms with Crippen molar-refractivity contribution in [3.8, 4) is 0 Å². The molecule has 0 spiro atoms. The molecule has 0 aliphatic rings. The lowest BCUT2D eigenvalue weighted by atomic mass is 10.0. The highest BCUT2D eigenvalue weighted by atomic mass is 35.5. The van der Waals surface area contributed by atoms with E-state index in [1.54, 1.807) is 6.20 Å². The van der Waals surface area contributed by atoms with E-state index in [1.807, 2.05) is 19.1 Å². The number of hydrogen-bond donors (Lipinski definition) is 1. The minimum atomic E-state index is -0.946. The molecule has 100 valence electrons. The van der Waals surface area contributed by atoms with E-state index in [0.29, 0.717) is 5.02 Å². The van der Waals surface area contributed by atoms with E-state index in [4.69, 9.17) is 11.6 Å². The monoisotopic (exact) mass is 279 g/mol. The first-order chi connectivity index (χ1) is 9.10. The zero-order valence-corrected chi connectivity index (χ0v) is 11.4. The summed E-state index contributed by atoms with van der Waals surface area (Å²) in [6, 6.07) is 7.98. The highest BCUT2D eigenvalue weighted by molar-refractivity contribution is 6.30. The first-order valence-electron chi connectivity index (χ1n) is 6.17. The molecule has 0 amide bonds. The van der Waals surface area contributed by atoms with E-state index in [0.717, 1.165) is 17.7 Å². The summed E-state index contributed by atoms with van der Waals surface area (Å²) in [7, 11) is 0. The zero-order valence-electron chi connectivity index (χ0n) is 10.6. The van der Waals surface area contributed by atoms with Crippen molar-refractivity contribution in [3.63, 3.8) is 0 Å². The van der Waals surface area contributed by atoms with Crippen LogP contribution in [0.4, 0.5) is 4.39 Å². The van der Waals surface area contributed by atoms with Crippen LogP contribution >= 0.6 is 11.6 Å². The maximum Gasteiger partial charge on any atom is 0.129 e. The van der Waals surface area contributed by atoms with Gasteiger partial charge in [0.05, 0.1) is 6.10 Å². The number of hydrogen-bond acceptors (Lipinski definition) is 2. The zero-order chi connectivity index (χ0) is 13.8. The molecular formula is C15H15ClFNO. The summed E-state index contributed by atoms with van der Waals surface area (Å²) < 4.78 is 13.6. The molecule has 19 heavy (non-hydrogen) atoms. The summed E-state index contributed by atoms with van der Waals surface area (Å²) >= 11 is 5.81. The van der Waals surface area contributed by atoms with Gasteiger partial charge in [0, 0.05) is 28.9 Å². The Balaban J connectivity index is 2.15. The molecule has 2 nitrogen and oxygen atoms in total. The van der Waals surface area contributed by atoms with Crippen molar-refractivity contribution in [1.82, 2.24) is 4.98 Å². The minimum absolute atomic E-state index is 0.203. The van der Waals surface area contributed by atoms with Crippen molar-refractivity contribution in [2.45, 2.75) is 25.9 Å². The molecule has 0 aliphatic heterocycles. The summed E-state index contributed by atoms with van der Waals surface area (Å²) in [4.78, 5) is 4.25. The number of aryl methyl sites for hydroxylation is 1. The molecule has 1 aromatic carbocycles. The maximum atomic E-state index is 13.6. The van der Waals surface area contributed by atoms with E-state index in [-0.39, 0.29) is 12.0 Å². The predicted molar refractivity (Wildman–Crippen MR) is 73.7 cm³/mol. The lowest BCUT2D eigenvalue weighted by molar-refractivity contribution is 0.172. The Morgan fingerprint density at radius 3 is 2.74 bits per heavy atom. The summed E-state index contributed by atoms with van der Waals surface area (Å²) in [5, 5.41) is 10.5. The van der Waals surface area contributed by atoms with Gasteiger partial charge in [0.15, 0.2) is 0 Å². The number of pyridine rings is 1. The number of benzene rings is 1. The molecule has 0 saturated carbocycles. The topological polar surface area (TPSA) is 33.1 Å². The van der Waals surface area contributed by atoms with Gasteiger partial charge >= 0.3 is 0 Å². The van der Waals surface area contributed by atoms with Gasteiger partial charge in [0.2, 0.25) is 0 Å². The van der Waals surface area contributed by atoms with Gasteiger partial charge in [0.1, 0.15) is 5.82 Å². The average molecular weight is 280 g/mol. The summed E-state index contributed by atoms with van der Waals surface area (Å²) in [6.45, 7) is 2.05. The normalized spacial score (nSPS) is 12.4. The molecule has 1 unspecified atom stereocenters. The SMILES string of the molecule is CCc1ccc(CC(O)c2cc(Cl)ccc2F)nc1. The highest BCUT2D eigenvalue weighted by Crippen LogP contribution is 2.23. The largest absolute Gasteiger partial charge is 0.388 e. The van der Waals surface area contributed by atoms with Crippen LogP contribution < -0.4 is 0 Å². The standard InChI is InChI=1S/C15H15ClFNO/c1-2-10-3-5-12(18-9-10)8-15(19)13-7-11(16)4-6-14(13)17/h3-7,9,15,19H,2,8H2,1H3. The number of rotatable bonds is 4. The van der Waals surface area contributed by atoms with E-state index >= 15 is 0 Å². The van der Waals surface area contributed by atoms with Crippen molar-refractivity contribution in [2.75, 3.05) is 0 Å². The summed E-state index contributed by atoms with van der Waals surface area (Å²) in [5.41, 5.74) is 2.06. The Morgan fingerprint density at radius 2 is 2.11 bits per heavy atom. The molecule has 0 radical (unpaired) electrons. The molecule has 1 aromatic heterocycles. The number of halogens is 2. The van der Waals surface area contributed by atoms with Gasteiger partial charge in [0.25, 0.3) is 0 Å². The molecule has 1 atom stereocenters. The van der Waals surface area contributed by atoms with Crippen LogP contribution in [-0.2, 0) is 12.8 Å². The van der Waals surface area contributed by atoms with Crippen molar-refractivity contribution >= 4 is 11.6 Å². The first kappa shape index (κ1) is 14.0. The van der Waals surface area contributed by atoms with Crippen molar-refractivity contribution in [3.05, 3.63) is 64.2 Å². The third-order valence-electron chi connectivity index (χ3n) is 3.01. The van der Waals surface area contributed by atoms with Crippen molar-refractivity contribution < 1.29 is 9.50 Å². The second-order valence-electron chi connectivity index (χ2n) is 4.40. The second kappa shape index (κ2) is 6.13. The fourth-order valence-electron chi connectivity index (χ4n) is 1.86. The molecule has 4 heteroatoms. The van der Waals surface area contributed by atoms with Crippen LogP contribution in [0.15, 0.2) is 36.5 Å². The highest BCUT2D eigenvalue weighted by Gasteiger charge is 2.14. The average Bonchev–Trinajstić information content (AvgIpc) is 2.42. The molecule has 2 rings (SSSR count). The van der Waals surface area contributed by atoms with E-state index < -0.39 is 11.9 Å². The summed E-state index contributed by atoms with van der Waals surface area (Å²) in [6.07, 6.45) is 2.01. The number of aliphatic hydroxyl groups is 1. The Morgan fingerprint density at radius 1 is 1.32 bits per heavy atom. The van der Waals surface area contributed by atoms with Crippen LogP contribution in [0.2, 0.25) is 5.02 Å². The Bertz CT molecular complexity index is 557. The molecule has 1 N–H and O–H groups in total. The molecule has 0 bridgehead atoms. The second-order valence-corrected chi connectivity index (χ2v) is 4.83. The fourth-order valence-corrected chi connectivity index (χ4v) is 2.04. The van der Waals surface area contributed by atoms with Crippen LogP contribution in [-0.4, -0.2) is 10.1 Å². The molecular weight excluding hydrogens is 265 g/mol. The van der Waals surface area contributed by atoms with Gasteiger partial charge in [-0.15, -0.1) is 0 Å². The molecule has 0 fully saturated rings. The fraction of sp³-hybridized carbons (Fsp3) is 0.267. The third-order valence-corrected chi connectivity index (χ3v) is 3.25. The van der Waals surface area contributed by atoms with Crippen LogP contribution in [0, 0.1) is 5.82 Å². The molecule has 0 aliphatic carbocycles. The predicted octanol–water partition coefficient (Wildman–Crippen LogP) is 3.71. The third kappa shape index (κ3) is 3.52. The number of aromatic nitrogens is 1. The van der Waals surface area contributed by atoms with Gasteiger partial charge in [-0.05, 0) is 36.2 Å². The Kier molecular flexibility index (Phi) is 4.51. The maximum absolute atomic E-state index is 13.6. The number of aliphatic hydroxyl groups excluding tert-OH is 1. The van der Waals surface area contributed by atoms with Crippen molar-refractivity contribution in [2.24, 2.45) is 0 Å². The van der Waals surface area contributed by atoms with Gasteiger partial charge in [-0.2, -0.15) is 0 Å². The lowest BCUT2D eigenvalue weighted by Crippen LogP contribution is -2.06. The van der Waals surface area contributed by atoms with Gasteiger partial charge in [-0.1, -0.05) is 24.6 Å². The number of nitrogens with zero attached hydrogens (tertiary/aromatic N) is 1. The van der Waals surface area contributed by atoms with Gasteiger partial charge in [-0.25, -0.2) is 4.39 Å². The van der Waals surface area contributed by atoms with Crippen molar-refractivity contribution in [1.29, 1.82) is 0 Å². The van der Waals surface area contributed by atoms with Gasteiger partial charge < -0.3 is 5.11 Å². The minimum Gasteiger partial charge on any atom is -0.388 e. The molecule has 0 saturated heterocycles. The van der Waals surface area contributed by atoms with Crippen LogP contribution in [0.3, 0.4) is 0 Å². The van der Waals surface area contributed by atoms with E-state index in [1.165, 1.54) is 18.2 Å². The van der Waals surface area contributed by atoms with E-state index in [9.17, 15) is 9.50 Å². The molecule has 1 heterocycles. The van der Waals surface area contributed by atoms with E-state index in [2.05, 4.69) is 4.98 Å². The Hall–Kier alpha value is -1.45. The quantitative estimate of drug-likeness (QED) is 0.925. The van der Waals surface area contributed by atoms with Gasteiger partial charge in [-0.3, -0.25) is 4.98 Å². The van der Waals surface area contributed by atoms with Crippen LogP contribution in [0.1, 0.15) is 29.8 Å². The first-order valence-corrected chi connectivity index (χ1v) is 6.54. The van der Waals surface area contributed by atoms with Crippen LogP contribution in [0.25, 0.3) is 0 Å². The summed E-state index contributed by atoms with van der Waals surface area (Å²) in [5.74, 6) is -0.456. The Labute approximate surface area is 116 Å². The smallest absolute Gasteiger partial charge is 0.129 e. The molecule has 2 aromatic rings. The van der Waals surface area contributed by atoms with Crippen LogP contribution in [0.5, 0.6) is 0 Å². The lowest BCUT2D eigenvalue weighted by Gasteiger charge is -2.12.